The van der Waals surface area contributed by atoms with Gasteiger partial charge in [-0.3, -0.25) is 9.80 Å². The summed E-state index contributed by atoms with van der Waals surface area (Å²) in [5.41, 5.74) is 0.833. The van der Waals surface area contributed by atoms with E-state index in [-0.39, 0.29) is 11.3 Å². The number of fused-ring (bicyclic) bond motifs is 1. The molecular weight excluding hydrogens is 270 g/mol. The standard InChI is InChI=1S/C15H22BFN2O2/c17-15-9-13(16(20)21)5-4-12(15)10-18-6-2-8-19-7-1-3-14(19)11-18/h4-5,9,14,20-21H,1-3,6-8,10-11H2. The molecule has 114 valence electrons. The molecule has 2 aliphatic heterocycles. The van der Waals surface area contributed by atoms with E-state index < -0.39 is 7.12 Å². The van der Waals surface area contributed by atoms with E-state index in [1.54, 1.807) is 12.1 Å². The van der Waals surface area contributed by atoms with Crippen LogP contribution in [0.15, 0.2) is 18.2 Å². The first-order chi connectivity index (χ1) is 10.1. The highest BCUT2D eigenvalue weighted by atomic mass is 19.1. The first kappa shape index (κ1) is 15.0. The molecule has 3 rings (SSSR count). The molecule has 2 N–H and O–H groups in total. The molecule has 0 saturated carbocycles. The quantitative estimate of drug-likeness (QED) is 0.780. The van der Waals surface area contributed by atoms with E-state index in [0.29, 0.717) is 18.2 Å². The predicted molar refractivity (Wildman–Crippen MR) is 80.7 cm³/mol. The molecule has 21 heavy (non-hydrogen) atoms. The molecule has 0 bridgehead atoms. The normalized spacial score (nSPS) is 23.9. The van der Waals surface area contributed by atoms with Gasteiger partial charge in [0.1, 0.15) is 5.82 Å². The van der Waals surface area contributed by atoms with Gasteiger partial charge in [0.05, 0.1) is 0 Å². The smallest absolute Gasteiger partial charge is 0.423 e. The van der Waals surface area contributed by atoms with E-state index >= 15 is 0 Å². The molecule has 2 heterocycles. The Kier molecular flexibility index (Phi) is 4.59. The van der Waals surface area contributed by atoms with Crippen molar-refractivity contribution in [1.29, 1.82) is 0 Å². The zero-order valence-corrected chi connectivity index (χ0v) is 12.2. The van der Waals surface area contributed by atoms with Gasteiger partial charge in [0.25, 0.3) is 0 Å². The molecular formula is C15H22BFN2O2. The first-order valence-electron chi connectivity index (χ1n) is 7.74. The molecule has 1 unspecified atom stereocenters. The van der Waals surface area contributed by atoms with Gasteiger partial charge in [-0.05, 0) is 50.4 Å². The molecule has 4 nitrogen and oxygen atoms in total. The fourth-order valence-corrected chi connectivity index (χ4v) is 3.52. The number of hydrogen-bond acceptors (Lipinski definition) is 4. The lowest BCUT2D eigenvalue weighted by Crippen LogP contribution is -2.36. The van der Waals surface area contributed by atoms with Gasteiger partial charge in [0, 0.05) is 24.7 Å². The highest BCUT2D eigenvalue weighted by Gasteiger charge is 2.28. The Morgan fingerprint density at radius 3 is 2.76 bits per heavy atom. The van der Waals surface area contributed by atoms with E-state index in [1.807, 2.05) is 0 Å². The average molecular weight is 292 g/mol. The van der Waals surface area contributed by atoms with E-state index in [1.165, 1.54) is 25.5 Å². The first-order valence-corrected chi connectivity index (χ1v) is 7.74. The maximum Gasteiger partial charge on any atom is 0.488 e. The highest BCUT2D eigenvalue weighted by Crippen LogP contribution is 2.22. The van der Waals surface area contributed by atoms with E-state index in [0.717, 1.165) is 26.1 Å². The van der Waals surface area contributed by atoms with E-state index in [4.69, 9.17) is 10.0 Å². The van der Waals surface area contributed by atoms with Gasteiger partial charge in [-0.15, -0.1) is 0 Å². The van der Waals surface area contributed by atoms with Crippen LogP contribution in [0.1, 0.15) is 24.8 Å². The fraction of sp³-hybridized carbons (Fsp3) is 0.600. The third-order valence-corrected chi connectivity index (χ3v) is 4.66. The maximum atomic E-state index is 14.1. The van der Waals surface area contributed by atoms with Crippen molar-refractivity contribution in [3.63, 3.8) is 0 Å². The Labute approximate surface area is 125 Å². The predicted octanol–water partition coefficient (Wildman–Crippen LogP) is 0.176. The molecule has 0 spiro atoms. The van der Waals surface area contributed by atoms with Crippen molar-refractivity contribution in [2.75, 3.05) is 26.2 Å². The number of rotatable bonds is 3. The van der Waals surface area contributed by atoms with Gasteiger partial charge in [-0.25, -0.2) is 4.39 Å². The van der Waals surface area contributed by atoms with Gasteiger partial charge in [-0.2, -0.15) is 0 Å². The summed E-state index contributed by atoms with van der Waals surface area (Å²) in [4.78, 5) is 4.88. The Balaban J connectivity index is 1.68. The minimum atomic E-state index is -1.61. The van der Waals surface area contributed by atoms with Crippen LogP contribution in [-0.4, -0.2) is 59.2 Å². The average Bonchev–Trinajstić information content (AvgIpc) is 2.79. The number of benzene rings is 1. The van der Waals surface area contributed by atoms with Gasteiger partial charge < -0.3 is 10.0 Å². The molecule has 2 fully saturated rings. The molecule has 0 radical (unpaired) electrons. The molecule has 0 aromatic heterocycles. The molecule has 1 aromatic carbocycles. The van der Waals surface area contributed by atoms with Crippen molar-refractivity contribution >= 4 is 12.6 Å². The summed E-state index contributed by atoms with van der Waals surface area (Å²) in [6.07, 6.45) is 3.65. The minimum absolute atomic E-state index is 0.203. The van der Waals surface area contributed by atoms with Crippen LogP contribution in [0.25, 0.3) is 0 Å². The molecule has 2 aliphatic rings. The summed E-state index contributed by atoms with van der Waals surface area (Å²) in [6, 6.07) is 5.10. The Morgan fingerprint density at radius 2 is 2.00 bits per heavy atom. The second-order valence-electron chi connectivity index (χ2n) is 6.15. The molecule has 6 heteroatoms. The molecule has 0 amide bonds. The summed E-state index contributed by atoms with van der Waals surface area (Å²) in [5.74, 6) is -0.354. The largest absolute Gasteiger partial charge is 0.488 e. The summed E-state index contributed by atoms with van der Waals surface area (Å²) in [5, 5.41) is 18.1. The van der Waals surface area contributed by atoms with Crippen LogP contribution >= 0.6 is 0 Å². The van der Waals surface area contributed by atoms with Crippen LogP contribution in [0.2, 0.25) is 0 Å². The van der Waals surface area contributed by atoms with Crippen molar-refractivity contribution in [1.82, 2.24) is 9.80 Å². The van der Waals surface area contributed by atoms with Crippen molar-refractivity contribution < 1.29 is 14.4 Å². The van der Waals surface area contributed by atoms with Gasteiger partial charge in [-0.1, -0.05) is 12.1 Å². The van der Waals surface area contributed by atoms with Crippen LogP contribution in [0.5, 0.6) is 0 Å². The van der Waals surface area contributed by atoms with Crippen molar-refractivity contribution in [3.8, 4) is 0 Å². The fourth-order valence-electron chi connectivity index (χ4n) is 3.52. The van der Waals surface area contributed by atoms with Crippen LogP contribution in [-0.2, 0) is 6.54 Å². The third kappa shape index (κ3) is 3.45. The lowest BCUT2D eigenvalue weighted by Gasteiger charge is -2.25. The lowest BCUT2D eigenvalue weighted by molar-refractivity contribution is 0.214. The number of halogens is 1. The van der Waals surface area contributed by atoms with Crippen molar-refractivity contribution in [3.05, 3.63) is 29.6 Å². The van der Waals surface area contributed by atoms with Crippen molar-refractivity contribution in [2.45, 2.75) is 31.8 Å². The van der Waals surface area contributed by atoms with Crippen LogP contribution in [0.4, 0.5) is 4.39 Å². The summed E-state index contributed by atoms with van der Waals surface area (Å²) in [6.45, 7) is 4.95. The number of hydrogen-bond donors (Lipinski definition) is 2. The Morgan fingerprint density at radius 1 is 1.19 bits per heavy atom. The highest BCUT2D eigenvalue weighted by molar-refractivity contribution is 6.58. The number of nitrogens with zero attached hydrogens (tertiary/aromatic N) is 2. The molecule has 2 saturated heterocycles. The van der Waals surface area contributed by atoms with E-state index in [2.05, 4.69) is 9.80 Å². The maximum absolute atomic E-state index is 14.1. The Hall–Kier alpha value is -0.945. The third-order valence-electron chi connectivity index (χ3n) is 4.66. The molecule has 1 atom stereocenters. The van der Waals surface area contributed by atoms with Crippen molar-refractivity contribution in [2.24, 2.45) is 0 Å². The lowest BCUT2D eigenvalue weighted by atomic mass is 9.80. The SMILES string of the molecule is OB(O)c1ccc(CN2CCCN3CCCC3C2)c(F)c1. The van der Waals surface area contributed by atoms with Gasteiger partial charge in [0.2, 0.25) is 0 Å². The second kappa shape index (κ2) is 6.44. The zero-order chi connectivity index (χ0) is 14.8. The van der Waals surface area contributed by atoms with Gasteiger partial charge >= 0.3 is 7.12 Å². The summed E-state index contributed by atoms with van der Waals surface area (Å²) >= 11 is 0. The van der Waals surface area contributed by atoms with Gasteiger partial charge in [0.15, 0.2) is 0 Å². The summed E-state index contributed by atoms with van der Waals surface area (Å²) in [7, 11) is -1.61. The molecule has 1 aromatic rings. The van der Waals surface area contributed by atoms with Crippen LogP contribution < -0.4 is 5.46 Å². The Bertz CT molecular complexity index is 501. The molecule has 0 aliphatic carbocycles. The summed E-state index contributed by atoms with van der Waals surface area (Å²) < 4.78 is 14.1. The minimum Gasteiger partial charge on any atom is -0.423 e. The van der Waals surface area contributed by atoms with E-state index in [9.17, 15) is 4.39 Å². The van der Waals surface area contributed by atoms with Crippen LogP contribution in [0.3, 0.4) is 0 Å². The monoisotopic (exact) mass is 292 g/mol. The van der Waals surface area contributed by atoms with Crippen LogP contribution in [0, 0.1) is 5.82 Å². The topological polar surface area (TPSA) is 46.9 Å². The zero-order valence-electron chi connectivity index (χ0n) is 12.2. The second-order valence-corrected chi connectivity index (χ2v) is 6.15.